The van der Waals surface area contributed by atoms with Crippen molar-refractivity contribution in [1.29, 1.82) is 5.26 Å². The summed E-state index contributed by atoms with van der Waals surface area (Å²) in [4.78, 5) is 12.0. The monoisotopic (exact) mass is 285 g/mol. The quantitative estimate of drug-likeness (QED) is 0.797. The molecule has 0 saturated heterocycles. The summed E-state index contributed by atoms with van der Waals surface area (Å²) in [5.41, 5.74) is 1.67. The predicted octanol–water partition coefficient (Wildman–Crippen LogP) is 4.13. The molecule has 100 valence electrons. The first-order valence-electron chi connectivity index (χ1n) is 6.07. The van der Waals surface area contributed by atoms with Gasteiger partial charge >= 0.3 is 5.97 Å². The molecule has 1 atom stereocenters. The van der Waals surface area contributed by atoms with Gasteiger partial charge in [0.2, 0.25) is 0 Å². The summed E-state index contributed by atoms with van der Waals surface area (Å²) < 4.78 is 5.37. The molecular weight excluding hydrogens is 274 g/mol. The van der Waals surface area contributed by atoms with E-state index >= 15 is 0 Å². The zero-order valence-corrected chi connectivity index (χ0v) is 11.6. The van der Waals surface area contributed by atoms with Gasteiger partial charge in [-0.3, -0.25) is 0 Å². The van der Waals surface area contributed by atoms with E-state index in [1.165, 1.54) is 0 Å². The fourth-order valence-electron chi connectivity index (χ4n) is 1.78. The number of hydrogen-bond acceptors (Lipinski definition) is 3. The Balaban J connectivity index is 2.11. The van der Waals surface area contributed by atoms with E-state index in [1.54, 1.807) is 37.3 Å². The topological polar surface area (TPSA) is 50.1 Å². The third kappa shape index (κ3) is 3.17. The Bertz CT molecular complexity index is 659. The summed E-state index contributed by atoms with van der Waals surface area (Å²) in [6, 6.07) is 15.5. The lowest BCUT2D eigenvalue weighted by atomic mass is 10.1. The molecule has 0 radical (unpaired) electrons. The number of benzene rings is 2. The highest BCUT2D eigenvalue weighted by molar-refractivity contribution is 6.31. The van der Waals surface area contributed by atoms with Crippen molar-refractivity contribution in [3.63, 3.8) is 0 Å². The molecule has 0 amide bonds. The fraction of sp³-hybridized carbons (Fsp3) is 0.125. The van der Waals surface area contributed by atoms with Gasteiger partial charge in [0, 0.05) is 10.6 Å². The highest BCUT2D eigenvalue weighted by Crippen LogP contribution is 2.25. The van der Waals surface area contributed by atoms with E-state index in [2.05, 4.69) is 0 Å². The van der Waals surface area contributed by atoms with Crippen molar-refractivity contribution in [3.8, 4) is 6.07 Å². The number of ether oxygens (including phenoxy) is 1. The summed E-state index contributed by atoms with van der Waals surface area (Å²) in [6.07, 6.45) is -0.438. The van der Waals surface area contributed by atoms with Crippen LogP contribution in [0.5, 0.6) is 0 Å². The molecule has 20 heavy (non-hydrogen) atoms. The molecule has 2 aromatic rings. The molecule has 2 aromatic carbocycles. The highest BCUT2D eigenvalue weighted by atomic mass is 35.5. The summed E-state index contributed by atoms with van der Waals surface area (Å²) in [5.74, 6) is -0.443. The molecule has 0 aliphatic carbocycles. The zero-order chi connectivity index (χ0) is 14.5. The van der Waals surface area contributed by atoms with E-state index in [9.17, 15) is 4.79 Å². The first kappa shape index (κ1) is 14.1. The number of hydrogen-bond donors (Lipinski definition) is 0. The van der Waals surface area contributed by atoms with Gasteiger partial charge in [-0.2, -0.15) is 5.26 Å². The molecule has 0 fully saturated rings. The smallest absolute Gasteiger partial charge is 0.338 e. The van der Waals surface area contributed by atoms with Crippen LogP contribution in [0.15, 0.2) is 48.5 Å². The third-order valence-corrected chi connectivity index (χ3v) is 3.22. The second-order valence-electron chi connectivity index (χ2n) is 4.26. The standard InChI is InChI=1S/C16H12ClNO2/c1-11(14-4-2-3-5-15(14)17)20-16(19)13-8-6-12(10-18)7-9-13/h2-9,11H,1H3/t11-/m1/s1. The van der Waals surface area contributed by atoms with Crippen molar-refractivity contribution in [2.45, 2.75) is 13.0 Å². The first-order chi connectivity index (χ1) is 9.61. The average molecular weight is 286 g/mol. The molecule has 0 heterocycles. The minimum atomic E-state index is -0.443. The number of halogens is 1. The van der Waals surface area contributed by atoms with Gasteiger partial charge in [-0.25, -0.2) is 4.79 Å². The van der Waals surface area contributed by atoms with Crippen LogP contribution in [-0.4, -0.2) is 5.97 Å². The summed E-state index contributed by atoms with van der Waals surface area (Å²) in [5, 5.41) is 9.27. The molecule has 0 N–H and O–H groups in total. The van der Waals surface area contributed by atoms with Crippen molar-refractivity contribution in [3.05, 3.63) is 70.2 Å². The summed E-state index contributed by atoms with van der Waals surface area (Å²) in [6.45, 7) is 1.77. The van der Waals surface area contributed by atoms with Gasteiger partial charge in [0.25, 0.3) is 0 Å². The molecule has 0 bridgehead atoms. The van der Waals surface area contributed by atoms with E-state index in [1.807, 2.05) is 24.3 Å². The zero-order valence-electron chi connectivity index (χ0n) is 10.8. The SMILES string of the molecule is C[C@@H](OC(=O)c1ccc(C#N)cc1)c1ccccc1Cl. The number of nitriles is 1. The van der Waals surface area contributed by atoms with Crippen LogP contribution in [0.1, 0.15) is 34.5 Å². The maximum atomic E-state index is 12.0. The normalized spacial score (nSPS) is 11.4. The van der Waals surface area contributed by atoms with E-state index in [4.69, 9.17) is 21.6 Å². The molecule has 4 heteroatoms. The highest BCUT2D eigenvalue weighted by Gasteiger charge is 2.15. The van der Waals surface area contributed by atoms with Gasteiger partial charge in [0.15, 0.2) is 0 Å². The lowest BCUT2D eigenvalue weighted by Crippen LogP contribution is -2.09. The third-order valence-electron chi connectivity index (χ3n) is 2.88. The van der Waals surface area contributed by atoms with Crippen LogP contribution in [0.3, 0.4) is 0 Å². The minimum absolute atomic E-state index is 0.405. The van der Waals surface area contributed by atoms with Crippen LogP contribution < -0.4 is 0 Å². The number of carbonyl (C=O) groups is 1. The largest absolute Gasteiger partial charge is 0.454 e. The molecule has 0 aromatic heterocycles. The van der Waals surface area contributed by atoms with Crippen LogP contribution in [0.2, 0.25) is 5.02 Å². The predicted molar refractivity (Wildman–Crippen MR) is 76.4 cm³/mol. The molecule has 2 rings (SSSR count). The van der Waals surface area contributed by atoms with E-state index in [0.29, 0.717) is 16.1 Å². The number of nitrogens with zero attached hydrogens (tertiary/aromatic N) is 1. The lowest BCUT2D eigenvalue weighted by Gasteiger charge is -2.14. The molecular formula is C16H12ClNO2. The van der Waals surface area contributed by atoms with Crippen molar-refractivity contribution in [2.75, 3.05) is 0 Å². The average Bonchev–Trinajstić information content (AvgIpc) is 2.47. The second kappa shape index (κ2) is 6.23. The van der Waals surface area contributed by atoms with Crippen molar-refractivity contribution in [1.82, 2.24) is 0 Å². The van der Waals surface area contributed by atoms with Gasteiger partial charge in [-0.1, -0.05) is 29.8 Å². The fourth-order valence-corrected chi connectivity index (χ4v) is 2.07. The van der Waals surface area contributed by atoms with Crippen molar-refractivity contribution >= 4 is 17.6 Å². The molecule has 3 nitrogen and oxygen atoms in total. The van der Waals surface area contributed by atoms with Crippen LogP contribution in [-0.2, 0) is 4.74 Å². The summed E-state index contributed by atoms with van der Waals surface area (Å²) >= 11 is 6.06. The summed E-state index contributed by atoms with van der Waals surface area (Å²) in [7, 11) is 0. The Labute approximate surface area is 122 Å². The first-order valence-corrected chi connectivity index (χ1v) is 6.45. The number of rotatable bonds is 3. The van der Waals surface area contributed by atoms with Gasteiger partial charge in [0.1, 0.15) is 6.10 Å². The number of esters is 1. The van der Waals surface area contributed by atoms with Crippen molar-refractivity contribution in [2.24, 2.45) is 0 Å². The molecule has 0 saturated carbocycles. The lowest BCUT2D eigenvalue weighted by molar-refractivity contribution is 0.0338. The van der Waals surface area contributed by atoms with E-state index in [0.717, 1.165) is 5.56 Å². The Morgan fingerprint density at radius 1 is 1.20 bits per heavy atom. The van der Waals surface area contributed by atoms with Crippen LogP contribution in [0, 0.1) is 11.3 Å². The van der Waals surface area contributed by atoms with Gasteiger partial charge in [0.05, 0.1) is 17.2 Å². The Morgan fingerprint density at radius 3 is 2.45 bits per heavy atom. The molecule has 0 aliphatic heterocycles. The molecule has 0 unspecified atom stereocenters. The molecule has 0 aliphatic rings. The molecule has 0 spiro atoms. The number of carbonyl (C=O) groups excluding carboxylic acids is 1. The van der Waals surface area contributed by atoms with Crippen LogP contribution in [0.25, 0.3) is 0 Å². The Hall–Kier alpha value is -2.31. The van der Waals surface area contributed by atoms with Crippen molar-refractivity contribution < 1.29 is 9.53 Å². The second-order valence-corrected chi connectivity index (χ2v) is 4.67. The van der Waals surface area contributed by atoms with Gasteiger partial charge in [-0.15, -0.1) is 0 Å². The van der Waals surface area contributed by atoms with Gasteiger partial charge < -0.3 is 4.74 Å². The van der Waals surface area contributed by atoms with Crippen LogP contribution in [0.4, 0.5) is 0 Å². The van der Waals surface area contributed by atoms with Gasteiger partial charge in [-0.05, 0) is 37.3 Å². The van der Waals surface area contributed by atoms with E-state index < -0.39 is 12.1 Å². The van der Waals surface area contributed by atoms with Crippen LogP contribution >= 0.6 is 11.6 Å². The van der Waals surface area contributed by atoms with E-state index in [-0.39, 0.29) is 0 Å². The maximum absolute atomic E-state index is 12.0. The maximum Gasteiger partial charge on any atom is 0.338 e. The Morgan fingerprint density at radius 2 is 1.85 bits per heavy atom. The Kier molecular flexibility index (Phi) is 4.39. The minimum Gasteiger partial charge on any atom is -0.454 e.